The zero-order valence-electron chi connectivity index (χ0n) is 15.9. The topological polar surface area (TPSA) is 118 Å². The Morgan fingerprint density at radius 2 is 1.79 bits per heavy atom. The number of hydrogen-bond donors (Lipinski definition) is 1. The van der Waals surface area contributed by atoms with Crippen LogP contribution in [0.15, 0.2) is 41.0 Å². The third-order valence-corrected chi connectivity index (χ3v) is 4.99. The van der Waals surface area contributed by atoms with Crippen LogP contribution >= 0.6 is 0 Å². The molecule has 3 aromatic rings. The van der Waals surface area contributed by atoms with Crippen LogP contribution in [0.25, 0.3) is 11.0 Å². The standard InChI is InChI=1S/C19H20N6O4/c1-13-2-4-14(5-3-13)20-17(26)12-23-8-10-24(11-9-23)15-6-7-16(25(27)28)19-18(15)21-29-22-19/h2-7H,8-12H2,1H3,(H,20,26). The van der Waals surface area contributed by atoms with Crippen LogP contribution in [-0.4, -0.2) is 58.8 Å². The van der Waals surface area contributed by atoms with Crippen LogP contribution in [0.4, 0.5) is 17.1 Å². The summed E-state index contributed by atoms with van der Waals surface area (Å²) in [5.41, 5.74) is 3.07. The Bertz CT molecular complexity index is 1040. The molecule has 0 bridgehead atoms. The molecule has 0 saturated carbocycles. The van der Waals surface area contributed by atoms with Gasteiger partial charge in [0, 0.05) is 37.9 Å². The first kappa shape index (κ1) is 18.8. The van der Waals surface area contributed by atoms with E-state index in [1.54, 1.807) is 6.07 Å². The van der Waals surface area contributed by atoms with Gasteiger partial charge in [-0.25, -0.2) is 4.63 Å². The normalized spacial score (nSPS) is 14.9. The number of rotatable bonds is 5. The van der Waals surface area contributed by atoms with E-state index in [9.17, 15) is 14.9 Å². The quantitative estimate of drug-likeness (QED) is 0.515. The van der Waals surface area contributed by atoms with E-state index in [0.717, 1.165) is 16.9 Å². The van der Waals surface area contributed by atoms with Gasteiger partial charge in [-0.3, -0.25) is 19.8 Å². The van der Waals surface area contributed by atoms with Gasteiger partial charge in [0.05, 0.1) is 17.2 Å². The van der Waals surface area contributed by atoms with Gasteiger partial charge < -0.3 is 10.2 Å². The molecule has 2 heterocycles. The summed E-state index contributed by atoms with van der Waals surface area (Å²) in [5, 5.41) is 21.6. The summed E-state index contributed by atoms with van der Waals surface area (Å²) in [7, 11) is 0. The first-order chi connectivity index (χ1) is 14.0. The minimum absolute atomic E-state index is 0.0549. The molecule has 0 spiro atoms. The van der Waals surface area contributed by atoms with E-state index in [2.05, 4.69) is 25.4 Å². The van der Waals surface area contributed by atoms with Gasteiger partial charge in [0.2, 0.25) is 11.4 Å². The van der Waals surface area contributed by atoms with Crippen LogP contribution in [-0.2, 0) is 4.79 Å². The maximum Gasteiger partial charge on any atom is 0.300 e. The van der Waals surface area contributed by atoms with Crippen molar-refractivity contribution in [1.29, 1.82) is 0 Å². The number of benzene rings is 2. The fourth-order valence-corrected chi connectivity index (χ4v) is 3.43. The minimum Gasteiger partial charge on any atom is -0.367 e. The van der Waals surface area contributed by atoms with Crippen LogP contribution in [0.2, 0.25) is 0 Å². The van der Waals surface area contributed by atoms with E-state index < -0.39 is 4.92 Å². The summed E-state index contributed by atoms with van der Waals surface area (Å²) in [4.78, 5) is 27.1. The van der Waals surface area contributed by atoms with Crippen molar-refractivity contribution in [3.63, 3.8) is 0 Å². The van der Waals surface area contributed by atoms with Gasteiger partial charge in [-0.15, -0.1) is 0 Å². The van der Waals surface area contributed by atoms with Gasteiger partial charge >= 0.3 is 5.69 Å². The number of piperazine rings is 1. The van der Waals surface area contributed by atoms with E-state index in [-0.39, 0.29) is 17.1 Å². The molecule has 150 valence electrons. The molecule has 1 saturated heterocycles. The van der Waals surface area contributed by atoms with Crippen LogP contribution < -0.4 is 10.2 Å². The maximum absolute atomic E-state index is 12.3. The third-order valence-electron chi connectivity index (χ3n) is 4.99. The number of nitro groups is 1. The second-order valence-electron chi connectivity index (χ2n) is 7.00. The maximum atomic E-state index is 12.3. The van der Waals surface area contributed by atoms with Crippen LogP contribution in [0.3, 0.4) is 0 Å². The van der Waals surface area contributed by atoms with Gasteiger partial charge in [0.15, 0.2) is 5.52 Å². The highest BCUT2D eigenvalue weighted by Crippen LogP contribution is 2.31. The number of nitro benzene ring substituents is 1. The number of aryl methyl sites for hydroxylation is 1. The number of fused-ring (bicyclic) bond motifs is 1. The van der Waals surface area contributed by atoms with Crippen LogP contribution in [0.1, 0.15) is 5.56 Å². The fraction of sp³-hybridized carbons (Fsp3) is 0.316. The van der Waals surface area contributed by atoms with E-state index in [0.29, 0.717) is 38.2 Å². The van der Waals surface area contributed by atoms with Crippen molar-refractivity contribution in [2.75, 3.05) is 42.9 Å². The second-order valence-corrected chi connectivity index (χ2v) is 7.00. The van der Waals surface area contributed by atoms with Crippen molar-refractivity contribution in [3.05, 3.63) is 52.1 Å². The van der Waals surface area contributed by atoms with Crippen molar-refractivity contribution < 1.29 is 14.3 Å². The Balaban J connectivity index is 1.37. The molecule has 0 unspecified atom stereocenters. The predicted octanol–water partition coefficient (Wildman–Crippen LogP) is 2.20. The van der Waals surface area contributed by atoms with E-state index >= 15 is 0 Å². The monoisotopic (exact) mass is 396 g/mol. The largest absolute Gasteiger partial charge is 0.367 e. The van der Waals surface area contributed by atoms with E-state index in [1.807, 2.05) is 31.2 Å². The Kier molecular flexibility index (Phi) is 5.09. The highest BCUT2D eigenvalue weighted by molar-refractivity contribution is 5.94. The zero-order valence-corrected chi connectivity index (χ0v) is 15.9. The van der Waals surface area contributed by atoms with Gasteiger partial charge in [-0.1, -0.05) is 17.7 Å². The first-order valence-corrected chi connectivity index (χ1v) is 9.25. The number of amides is 1. The van der Waals surface area contributed by atoms with Gasteiger partial charge in [-0.05, 0) is 35.4 Å². The number of carbonyl (C=O) groups excluding carboxylic acids is 1. The molecule has 0 aliphatic carbocycles. The zero-order chi connectivity index (χ0) is 20.4. The number of carbonyl (C=O) groups is 1. The Morgan fingerprint density at radius 1 is 1.10 bits per heavy atom. The lowest BCUT2D eigenvalue weighted by Gasteiger charge is -2.35. The third kappa shape index (κ3) is 4.02. The number of non-ortho nitro benzene ring substituents is 1. The van der Waals surface area contributed by atoms with Crippen LogP contribution in [0, 0.1) is 17.0 Å². The number of nitrogens with one attached hydrogen (secondary N) is 1. The summed E-state index contributed by atoms with van der Waals surface area (Å²) in [5.74, 6) is -0.0549. The first-order valence-electron chi connectivity index (χ1n) is 9.25. The molecule has 10 heteroatoms. The number of aromatic nitrogens is 2. The minimum atomic E-state index is -0.499. The molecule has 1 aromatic heterocycles. The molecule has 1 aliphatic rings. The van der Waals surface area contributed by atoms with Gasteiger partial charge in [-0.2, -0.15) is 0 Å². The number of anilines is 2. The Labute approximate surface area is 166 Å². The van der Waals surface area contributed by atoms with Crippen molar-refractivity contribution in [1.82, 2.24) is 15.2 Å². The predicted molar refractivity (Wildman–Crippen MR) is 107 cm³/mol. The fourth-order valence-electron chi connectivity index (χ4n) is 3.43. The second kappa shape index (κ2) is 7.84. The molecule has 29 heavy (non-hydrogen) atoms. The molecule has 4 rings (SSSR count). The number of hydrogen-bond acceptors (Lipinski definition) is 8. The van der Waals surface area contributed by atoms with Crippen molar-refractivity contribution in [2.45, 2.75) is 6.92 Å². The summed E-state index contributed by atoms with van der Waals surface area (Å²) in [6, 6.07) is 10.8. The van der Waals surface area contributed by atoms with Crippen molar-refractivity contribution in [2.24, 2.45) is 0 Å². The van der Waals surface area contributed by atoms with Gasteiger partial charge in [0.25, 0.3) is 0 Å². The highest BCUT2D eigenvalue weighted by Gasteiger charge is 2.25. The lowest BCUT2D eigenvalue weighted by Crippen LogP contribution is -2.48. The van der Waals surface area contributed by atoms with Crippen molar-refractivity contribution >= 4 is 34.0 Å². The van der Waals surface area contributed by atoms with E-state index in [1.165, 1.54) is 6.07 Å². The van der Waals surface area contributed by atoms with Gasteiger partial charge in [0.1, 0.15) is 0 Å². The van der Waals surface area contributed by atoms with Crippen molar-refractivity contribution in [3.8, 4) is 0 Å². The summed E-state index contributed by atoms with van der Waals surface area (Å²) < 4.78 is 4.73. The average molecular weight is 396 g/mol. The summed E-state index contributed by atoms with van der Waals surface area (Å²) in [6.45, 7) is 5.01. The van der Waals surface area contributed by atoms with E-state index in [4.69, 9.17) is 4.63 Å². The Morgan fingerprint density at radius 3 is 2.48 bits per heavy atom. The number of nitrogens with zero attached hydrogens (tertiary/aromatic N) is 5. The lowest BCUT2D eigenvalue weighted by molar-refractivity contribution is -0.383. The molecule has 1 fully saturated rings. The molecule has 0 radical (unpaired) electrons. The highest BCUT2D eigenvalue weighted by atomic mass is 16.6. The average Bonchev–Trinajstić information content (AvgIpc) is 3.19. The molecule has 0 atom stereocenters. The summed E-state index contributed by atoms with van der Waals surface area (Å²) in [6.07, 6.45) is 0. The molecular formula is C19H20N6O4. The molecule has 10 nitrogen and oxygen atoms in total. The molecule has 1 amide bonds. The molecule has 1 aliphatic heterocycles. The molecule has 2 aromatic carbocycles. The molecule has 1 N–H and O–H groups in total. The SMILES string of the molecule is Cc1ccc(NC(=O)CN2CCN(c3ccc([N+](=O)[O-])c4nonc34)CC2)cc1. The lowest BCUT2D eigenvalue weighted by atomic mass is 10.2. The molecular weight excluding hydrogens is 376 g/mol. The Hall–Kier alpha value is -3.53. The summed E-state index contributed by atoms with van der Waals surface area (Å²) >= 11 is 0. The smallest absolute Gasteiger partial charge is 0.300 e. The van der Waals surface area contributed by atoms with Crippen LogP contribution in [0.5, 0.6) is 0 Å².